The van der Waals surface area contributed by atoms with Gasteiger partial charge < -0.3 is 0 Å². The predicted molar refractivity (Wildman–Crippen MR) is 89.9 cm³/mol. The van der Waals surface area contributed by atoms with E-state index in [1.807, 2.05) is 18.2 Å². The molecule has 4 nitrogen and oxygen atoms in total. The van der Waals surface area contributed by atoms with E-state index in [2.05, 4.69) is 28.5 Å². The fraction of sp³-hybridized carbons (Fsp3) is 0. The van der Waals surface area contributed by atoms with Gasteiger partial charge in [-0.2, -0.15) is 0 Å². The van der Waals surface area contributed by atoms with Gasteiger partial charge in [-0.05, 0) is 33.7 Å². The molecule has 7 heteroatoms. The van der Waals surface area contributed by atoms with Gasteiger partial charge in [-0.15, -0.1) is 17.8 Å². The Balaban J connectivity index is 2.07. The molecule has 2 aromatic carbocycles. The zero-order chi connectivity index (χ0) is 15.1. The van der Waals surface area contributed by atoms with Crippen LogP contribution in [0.15, 0.2) is 40.7 Å². The molecule has 1 N–H and O–H groups in total. The van der Waals surface area contributed by atoms with Crippen LogP contribution in [0.25, 0.3) is 30.4 Å². The highest BCUT2D eigenvalue weighted by atomic mass is 32.2. The molecule has 4 aromatic rings. The Hall–Kier alpha value is -1.82. The number of aromatic nitrogens is 1. The number of thioether (sulfide) groups is 1. The van der Waals surface area contributed by atoms with Gasteiger partial charge in [0.05, 0.1) is 4.73 Å². The van der Waals surface area contributed by atoms with Crippen molar-refractivity contribution in [1.82, 2.24) is 0 Å². The lowest BCUT2D eigenvalue weighted by Gasteiger charge is -1.91. The Bertz CT molecular complexity index is 1040. The first-order valence-corrected chi connectivity index (χ1v) is 8.67. The molecule has 0 fully saturated rings. The van der Waals surface area contributed by atoms with E-state index in [9.17, 15) is 0 Å². The van der Waals surface area contributed by atoms with Crippen LogP contribution < -0.4 is 9.72 Å². The van der Waals surface area contributed by atoms with Gasteiger partial charge in [0.1, 0.15) is 4.70 Å². The molecule has 0 aliphatic carbocycles. The number of thiazole rings is 1. The van der Waals surface area contributed by atoms with Crippen LogP contribution in [0.4, 0.5) is 0 Å². The summed E-state index contributed by atoms with van der Waals surface area (Å²) in [5, 5.41) is 17.3. The van der Waals surface area contributed by atoms with E-state index in [1.165, 1.54) is 42.6 Å². The van der Waals surface area contributed by atoms with Crippen molar-refractivity contribution in [1.29, 1.82) is 0 Å². The summed E-state index contributed by atoms with van der Waals surface area (Å²) >= 11 is 4.41. The quantitative estimate of drug-likeness (QED) is 0.200. The first-order chi connectivity index (χ1) is 10.8. The molecule has 0 aliphatic rings. The molecular weight excluding hydrogens is 338 g/mol. The van der Waals surface area contributed by atoms with Crippen molar-refractivity contribution >= 4 is 64.8 Å². The lowest BCUT2D eigenvalue weighted by Crippen LogP contribution is -2.42. The highest BCUT2D eigenvalue weighted by Crippen LogP contribution is 2.38. The maximum Gasteiger partial charge on any atom is 0.365 e. The smallest absolute Gasteiger partial charge is 0.206 e. The fourth-order valence-corrected chi connectivity index (χ4v) is 5.35. The Morgan fingerprint density at radius 1 is 1.09 bits per heavy atom. The van der Waals surface area contributed by atoms with Gasteiger partial charge >= 0.3 is 4.34 Å². The van der Waals surface area contributed by atoms with E-state index in [-0.39, 0.29) is 0 Å². The van der Waals surface area contributed by atoms with Gasteiger partial charge in [-0.3, -0.25) is 0 Å². The highest BCUT2D eigenvalue weighted by Gasteiger charge is 2.26. The molecule has 22 heavy (non-hydrogen) atoms. The number of benzene rings is 2. The molecule has 0 saturated heterocycles. The summed E-state index contributed by atoms with van der Waals surface area (Å²) < 4.78 is 5.54. The normalized spacial score (nSPS) is 11.3. The molecule has 4 rings (SSSR count). The molecule has 0 spiro atoms. The summed E-state index contributed by atoms with van der Waals surface area (Å²) in [5.41, 5.74) is 0.799. The third-order valence-corrected chi connectivity index (χ3v) is 6.27. The number of terminal acetylenes is 1. The van der Waals surface area contributed by atoms with Crippen molar-refractivity contribution in [2.75, 3.05) is 0 Å². The zero-order valence-corrected chi connectivity index (χ0v) is 13.4. The van der Waals surface area contributed by atoms with E-state index >= 15 is 0 Å². The van der Waals surface area contributed by atoms with E-state index in [0.29, 0.717) is 4.34 Å². The third-order valence-electron chi connectivity index (χ3n) is 3.29. The summed E-state index contributed by atoms with van der Waals surface area (Å²) in [6.07, 6.45) is 5.35. The molecular formula is C15H8NO3S3+. The van der Waals surface area contributed by atoms with Gasteiger partial charge in [0.15, 0.2) is 0 Å². The number of rotatable bonds is 3. The Labute approximate surface area is 137 Å². The van der Waals surface area contributed by atoms with Crippen LogP contribution in [0.2, 0.25) is 0 Å². The molecule has 2 heterocycles. The number of fused-ring (bicyclic) bond motifs is 4. The molecule has 0 saturated carbocycles. The minimum absolute atomic E-state index is 0.702. The van der Waals surface area contributed by atoms with E-state index < -0.39 is 0 Å². The van der Waals surface area contributed by atoms with Crippen LogP contribution in [0, 0.1) is 11.7 Å². The van der Waals surface area contributed by atoms with Crippen molar-refractivity contribution < 1.29 is 20.0 Å². The summed E-state index contributed by atoms with van der Waals surface area (Å²) in [6.45, 7) is 0. The van der Waals surface area contributed by atoms with Crippen LogP contribution in [0.3, 0.4) is 0 Å². The molecule has 0 aliphatic heterocycles. The number of thiophene rings is 1. The van der Waals surface area contributed by atoms with Crippen LogP contribution >= 0.6 is 34.4 Å². The summed E-state index contributed by atoms with van der Waals surface area (Å²) in [5.74, 6) is 0. The van der Waals surface area contributed by atoms with E-state index in [1.54, 1.807) is 11.3 Å². The monoisotopic (exact) mass is 346 g/mol. The third kappa shape index (κ3) is 2.05. The SMILES string of the molecule is C#CSc1sc2cc3sc4ccccc4c3cc2[n+]1OOO. The standard InChI is InChI=1S/C15H7NO3S3/c1-2-20-15-16(18-19-17)11-7-10-9-5-3-4-6-12(9)21-13(10)8-14(11)22-15/h1,3-8H/p+1. The van der Waals surface area contributed by atoms with Crippen LogP contribution in [0.1, 0.15) is 0 Å². The molecule has 0 bridgehead atoms. The summed E-state index contributed by atoms with van der Waals surface area (Å²) in [7, 11) is 0. The van der Waals surface area contributed by atoms with Gasteiger partial charge in [0, 0.05) is 43.0 Å². The molecule has 0 unspecified atom stereocenters. The average molecular weight is 346 g/mol. The minimum atomic E-state index is 0.702. The minimum Gasteiger partial charge on any atom is -0.206 e. The van der Waals surface area contributed by atoms with Gasteiger partial charge in [-0.25, -0.2) is 5.26 Å². The van der Waals surface area contributed by atoms with Crippen molar-refractivity contribution in [3.05, 3.63) is 36.4 Å². The average Bonchev–Trinajstić information content (AvgIpc) is 3.04. The highest BCUT2D eigenvalue weighted by molar-refractivity contribution is 8.05. The van der Waals surface area contributed by atoms with E-state index in [4.69, 9.17) is 16.7 Å². The number of hydrogen-bond acceptors (Lipinski definition) is 6. The Morgan fingerprint density at radius 2 is 1.95 bits per heavy atom. The maximum atomic E-state index is 8.64. The van der Waals surface area contributed by atoms with Crippen LogP contribution in [-0.4, -0.2) is 5.26 Å². The number of hydrogen-bond donors (Lipinski definition) is 1. The van der Waals surface area contributed by atoms with Crippen molar-refractivity contribution in [3.63, 3.8) is 0 Å². The lowest BCUT2D eigenvalue weighted by atomic mass is 10.1. The van der Waals surface area contributed by atoms with Crippen molar-refractivity contribution in [3.8, 4) is 11.7 Å². The van der Waals surface area contributed by atoms with Gasteiger partial charge in [0.2, 0.25) is 0 Å². The molecule has 108 valence electrons. The maximum absolute atomic E-state index is 8.64. The topological polar surface area (TPSA) is 42.6 Å². The number of nitrogens with zero attached hydrogens (tertiary/aromatic N) is 1. The lowest BCUT2D eigenvalue weighted by molar-refractivity contribution is -0.986. The van der Waals surface area contributed by atoms with Crippen molar-refractivity contribution in [2.24, 2.45) is 0 Å². The molecule has 0 amide bonds. The Kier molecular flexibility index (Phi) is 3.41. The Morgan fingerprint density at radius 3 is 2.77 bits per heavy atom. The first-order valence-electron chi connectivity index (χ1n) is 6.22. The summed E-state index contributed by atoms with van der Waals surface area (Å²) in [6, 6.07) is 12.4. The zero-order valence-electron chi connectivity index (χ0n) is 11.0. The van der Waals surface area contributed by atoms with Crippen molar-refractivity contribution in [2.45, 2.75) is 4.34 Å². The van der Waals surface area contributed by atoms with Crippen LogP contribution in [0.5, 0.6) is 0 Å². The second-order valence-electron chi connectivity index (χ2n) is 4.45. The molecule has 0 atom stereocenters. The van der Waals surface area contributed by atoms with Gasteiger partial charge in [0.25, 0.3) is 5.52 Å². The molecule has 2 aromatic heterocycles. The van der Waals surface area contributed by atoms with E-state index in [0.717, 1.165) is 15.6 Å². The summed E-state index contributed by atoms with van der Waals surface area (Å²) in [4.78, 5) is 4.85. The second-order valence-corrected chi connectivity index (χ2v) is 7.65. The fourth-order valence-electron chi connectivity index (χ4n) is 2.43. The molecule has 0 radical (unpaired) electrons. The predicted octanol–water partition coefficient (Wildman–Crippen LogP) is 4.07. The first kappa shape index (κ1) is 13.8. The second kappa shape index (κ2) is 5.43. The largest absolute Gasteiger partial charge is 0.365 e. The van der Waals surface area contributed by atoms with Crippen LogP contribution in [-0.2, 0) is 5.04 Å². The van der Waals surface area contributed by atoms with Gasteiger partial charge in [-0.1, -0.05) is 18.2 Å².